The SMILES string of the molecule is CC(C)N(CC(=O)O)S(=O)(=O)c1cc(Br)c(F)cc1[N+](=O)[O-]. The highest BCUT2D eigenvalue weighted by Gasteiger charge is 2.35. The van der Waals surface area contributed by atoms with Gasteiger partial charge < -0.3 is 5.11 Å². The molecule has 0 radical (unpaired) electrons. The molecule has 0 bridgehead atoms. The van der Waals surface area contributed by atoms with Gasteiger partial charge >= 0.3 is 5.97 Å². The van der Waals surface area contributed by atoms with Gasteiger partial charge in [0.1, 0.15) is 12.4 Å². The van der Waals surface area contributed by atoms with E-state index in [1.807, 2.05) is 0 Å². The molecular weight excluding hydrogens is 387 g/mol. The molecule has 22 heavy (non-hydrogen) atoms. The number of aliphatic carboxylic acids is 1. The Balaban J connectivity index is 3.59. The van der Waals surface area contributed by atoms with E-state index in [1.165, 1.54) is 13.8 Å². The van der Waals surface area contributed by atoms with Crippen molar-refractivity contribution >= 4 is 37.6 Å². The number of hydrogen-bond acceptors (Lipinski definition) is 5. The Morgan fingerprint density at radius 3 is 2.45 bits per heavy atom. The first kappa shape index (κ1) is 18.5. The number of sulfonamides is 1. The minimum Gasteiger partial charge on any atom is -0.480 e. The summed E-state index contributed by atoms with van der Waals surface area (Å²) in [5.74, 6) is -2.42. The summed E-state index contributed by atoms with van der Waals surface area (Å²) in [5, 5.41) is 19.8. The number of carboxylic acid groups (broad SMARTS) is 1. The van der Waals surface area contributed by atoms with Crippen molar-refractivity contribution in [2.75, 3.05) is 6.54 Å². The van der Waals surface area contributed by atoms with Crippen LogP contribution in [0.1, 0.15) is 13.8 Å². The first-order valence-corrected chi connectivity index (χ1v) is 8.08. The second-order valence-corrected chi connectivity index (χ2v) is 7.24. The van der Waals surface area contributed by atoms with Crippen molar-refractivity contribution in [3.8, 4) is 0 Å². The van der Waals surface area contributed by atoms with E-state index in [4.69, 9.17) is 5.11 Å². The number of carboxylic acids is 1. The third kappa shape index (κ3) is 3.78. The summed E-state index contributed by atoms with van der Waals surface area (Å²) in [6, 6.07) is 0.459. The van der Waals surface area contributed by atoms with Crippen LogP contribution in [0.4, 0.5) is 10.1 Å². The molecule has 0 unspecified atom stereocenters. The lowest BCUT2D eigenvalue weighted by Crippen LogP contribution is -2.40. The zero-order valence-electron chi connectivity index (χ0n) is 11.5. The van der Waals surface area contributed by atoms with Gasteiger partial charge in [-0.15, -0.1) is 0 Å². The lowest BCUT2D eigenvalue weighted by atomic mass is 10.3. The van der Waals surface area contributed by atoms with Crippen LogP contribution in [0.5, 0.6) is 0 Å². The molecule has 0 fully saturated rings. The normalized spacial score (nSPS) is 11.9. The fraction of sp³-hybridized carbons (Fsp3) is 0.364. The summed E-state index contributed by atoms with van der Waals surface area (Å²) >= 11 is 2.76. The molecule has 0 aliphatic heterocycles. The average Bonchev–Trinajstić information content (AvgIpc) is 2.37. The molecule has 0 aromatic heterocycles. The molecule has 0 saturated carbocycles. The van der Waals surface area contributed by atoms with Gasteiger partial charge in [-0.05, 0) is 35.8 Å². The zero-order chi connectivity index (χ0) is 17.2. The molecule has 0 saturated heterocycles. The van der Waals surface area contributed by atoms with Gasteiger partial charge in [0.25, 0.3) is 15.7 Å². The van der Waals surface area contributed by atoms with Crippen LogP contribution in [0.2, 0.25) is 0 Å². The molecule has 1 N–H and O–H groups in total. The number of carbonyl (C=O) groups is 1. The maximum Gasteiger partial charge on any atom is 0.318 e. The highest BCUT2D eigenvalue weighted by molar-refractivity contribution is 9.10. The minimum absolute atomic E-state index is 0.282. The summed E-state index contributed by atoms with van der Waals surface area (Å²) in [4.78, 5) is 20.0. The van der Waals surface area contributed by atoms with Crippen LogP contribution in [-0.4, -0.2) is 41.3 Å². The van der Waals surface area contributed by atoms with Gasteiger partial charge in [-0.3, -0.25) is 14.9 Å². The fourth-order valence-corrected chi connectivity index (χ4v) is 3.92. The number of halogens is 2. The summed E-state index contributed by atoms with van der Waals surface area (Å²) < 4.78 is 38.8. The largest absolute Gasteiger partial charge is 0.480 e. The second-order valence-electron chi connectivity index (χ2n) is 4.53. The van der Waals surface area contributed by atoms with Crippen molar-refractivity contribution in [2.45, 2.75) is 24.8 Å². The Labute approximate surface area is 133 Å². The van der Waals surface area contributed by atoms with Crippen molar-refractivity contribution < 1.29 is 27.6 Å². The zero-order valence-corrected chi connectivity index (χ0v) is 13.9. The van der Waals surface area contributed by atoms with E-state index >= 15 is 0 Å². The number of nitrogens with zero attached hydrogens (tertiary/aromatic N) is 2. The third-order valence-corrected chi connectivity index (χ3v) is 5.31. The monoisotopic (exact) mass is 398 g/mol. The van der Waals surface area contributed by atoms with E-state index in [-0.39, 0.29) is 4.47 Å². The van der Waals surface area contributed by atoms with Crippen LogP contribution >= 0.6 is 15.9 Å². The molecule has 122 valence electrons. The first-order chi connectivity index (χ1) is 9.98. The molecule has 0 aliphatic rings. The number of nitro benzene ring substituents is 1. The smallest absolute Gasteiger partial charge is 0.318 e. The highest BCUT2D eigenvalue weighted by Crippen LogP contribution is 2.32. The van der Waals surface area contributed by atoms with Gasteiger partial charge in [-0.1, -0.05) is 0 Å². The van der Waals surface area contributed by atoms with E-state index in [2.05, 4.69) is 15.9 Å². The lowest BCUT2D eigenvalue weighted by Gasteiger charge is -2.24. The molecule has 0 heterocycles. The molecular formula is C11H12BrFN2O6S. The maximum atomic E-state index is 13.4. The fourth-order valence-electron chi connectivity index (χ4n) is 1.67. The van der Waals surface area contributed by atoms with Crippen molar-refractivity contribution in [3.05, 3.63) is 32.5 Å². The first-order valence-electron chi connectivity index (χ1n) is 5.85. The maximum absolute atomic E-state index is 13.4. The molecule has 0 amide bonds. The van der Waals surface area contributed by atoms with Crippen molar-refractivity contribution in [1.29, 1.82) is 0 Å². The number of rotatable bonds is 6. The Hall–Kier alpha value is -1.59. The van der Waals surface area contributed by atoms with E-state index in [1.54, 1.807) is 0 Å². The van der Waals surface area contributed by atoms with E-state index < -0.39 is 49.9 Å². The van der Waals surface area contributed by atoms with Crippen LogP contribution in [0, 0.1) is 15.9 Å². The Bertz CT molecular complexity index is 722. The number of nitro groups is 1. The topological polar surface area (TPSA) is 118 Å². The standard InChI is InChI=1S/C11H12BrFN2O6S/c1-6(2)14(5-11(16)17)22(20,21)10-3-7(12)8(13)4-9(10)15(18)19/h3-4,6H,5H2,1-2H3,(H,16,17). The minimum atomic E-state index is -4.50. The van der Waals surface area contributed by atoms with Gasteiger partial charge in [0.15, 0.2) is 4.90 Å². The number of benzene rings is 1. The van der Waals surface area contributed by atoms with E-state index in [0.29, 0.717) is 10.4 Å². The van der Waals surface area contributed by atoms with E-state index in [9.17, 15) is 27.7 Å². The van der Waals surface area contributed by atoms with Crippen LogP contribution in [0.3, 0.4) is 0 Å². The van der Waals surface area contributed by atoms with Crippen molar-refractivity contribution in [2.24, 2.45) is 0 Å². The molecule has 1 aromatic carbocycles. The van der Waals surface area contributed by atoms with Crippen LogP contribution in [0.25, 0.3) is 0 Å². The molecule has 1 aromatic rings. The Morgan fingerprint density at radius 1 is 1.50 bits per heavy atom. The summed E-state index contributed by atoms with van der Waals surface area (Å²) in [7, 11) is -4.50. The summed E-state index contributed by atoms with van der Waals surface area (Å²) in [6.07, 6.45) is 0. The predicted molar refractivity (Wildman–Crippen MR) is 77.4 cm³/mol. The van der Waals surface area contributed by atoms with Gasteiger partial charge in [-0.2, -0.15) is 4.31 Å². The van der Waals surface area contributed by atoms with Gasteiger partial charge in [-0.25, -0.2) is 12.8 Å². The van der Waals surface area contributed by atoms with Crippen LogP contribution < -0.4 is 0 Å². The molecule has 8 nitrogen and oxygen atoms in total. The molecule has 0 spiro atoms. The van der Waals surface area contributed by atoms with Gasteiger partial charge in [0, 0.05) is 6.04 Å². The molecule has 0 atom stereocenters. The van der Waals surface area contributed by atoms with Crippen LogP contribution in [0.15, 0.2) is 21.5 Å². The molecule has 0 aliphatic carbocycles. The van der Waals surface area contributed by atoms with Crippen LogP contribution in [-0.2, 0) is 14.8 Å². The van der Waals surface area contributed by atoms with Crippen molar-refractivity contribution in [3.63, 3.8) is 0 Å². The number of hydrogen-bond donors (Lipinski definition) is 1. The molecule has 1 rings (SSSR count). The Morgan fingerprint density at radius 2 is 2.05 bits per heavy atom. The van der Waals surface area contributed by atoms with Gasteiger partial charge in [0.05, 0.1) is 15.5 Å². The van der Waals surface area contributed by atoms with Crippen molar-refractivity contribution in [1.82, 2.24) is 4.31 Å². The van der Waals surface area contributed by atoms with Gasteiger partial charge in [0.2, 0.25) is 0 Å². The average molecular weight is 399 g/mol. The second kappa shape index (κ2) is 6.67. The summed E-state index contributed by atoms with van der Waals surface area (Å²) in [5.41, 5.74) is -0.961. The summed E-state index contributed by atoms with van der Waals surface area (Å²) in [6.45, 7) is 1.97. The predicted octanol–water partition coefficient (Wildman–Crippen LogP) is 1.98. The third-order valence-electron chi connectivity index (χ3n) is 2.65. The van der Waals surface area contributed by atoms with E-state index in [0.717, 1.165) is 6.07 Å². The Kier molecular flexibility index (Phi) is 5.59. The quantitative estimate of drug-likeness (QED) is 0.577. The molecule has 11 heteroatoms. The lowest BCUT2D eigenvalue weighted by molar-refractivity contribution is -0.388. The highest BCUT2D eigenvalue weighted by atomic mass is 79.9.